The summed E-state index contributed by atoms with van der Waals surface area (Å²) in [5.41, 5.74) is 6.52. The number of aryl methyl sites for hydroxylation is 1. The molecule has 2 N–H and O–H groups in total. The maximum absolute atomic E-state index is 11.9. The molecular weight excluding hydrogens is 276 g/mol. The molecule has 5 heteroatoms. The highest BCUT2D eigenvalue weighted by atomic mass is 35.5. The number of carbonyl (C=O) groups excluding carboxylic acids is 2. The lowest BCUT2D eigenvalue weighted by Gasteiger charge is -2.09. The van der Waals surface area contributed by atoms with Crippen LogP contribution in [-0.2, 0) is 0 Å². The van der Waals surface area contributed by atoms with Crippen LogP contribution in [0, 0.1) is 6.92 Å². The Morgan fingerprint density at radius 3 is 2.15 bits per heavy atom. The van der Waals surface area contributed by atoms with E-state index in [0.717, 1.165) is 5.56 Å². The minimum Gasteiger partial charge on any atom is -0.267 e. The molecule has 0 aliphatic heterocycles. The highest BCUT2D eigenvalue weighted by molar-refractivity contribution is 6.30. The largest absolute Gasteiger partial charge is 0.269 e. The zero-order valence-electron chi connectivity index (χ0n) is 10.8. The molecule has 0 aliphatic rings. The summed E-state index contributed by atoms with van der Waals surface area (Å²) in [4.78, 5) is 23.7. The molecule has 20 heavy (non-hydrogen) atoms. The minimum atomic E-state index is -0.399. The number of amides is 2. The average molecular weight is 289 g/mol. The van der Waals surface area contributed by atoms with Crippen LogP contribution in [0.4, 0.5) is 0 Å². The highest BCUT2D eigenvalue weighted by Gasteiger charge is 2.10. The van der Waals surface area contributed by atoms with Crippen molar-refractivity contribution < 1.29 is 9.59 Å². The van der Waals surface area contributed by atoms with Gasteiger partial charge >= 0.3 is 0 Å². The van der Waals surface area contributed by atoms with Gasteiger partial charge in [-0.3, -0.25) is 20.4 Å². The van der Waals surface area contributed by atoms with Crippen LogP contribution < -0.4 is 10.9 Å². The third-order valence-corrected chi connectivity index (χ3v) is 3.04. The first kappa shape index (κ1) is 14.1. The lowest BCUT2D eigenvalue weighted by atomic mass is 10.1. The van der Waals surface area contributed by atoms with Crippen molar-refractivity contribution >= 4 is 23.4 Å². The molecule has 0 saturated carbocycles. The van der Waals surface area contributed by atoms with Crippen molar-refractivity contribution in [2.45, 2.75) is 6.92 Å². The molecule has 0 heterocycles. The number of halogens is 1. The number of hydrogen-bond acceptors (Lipinski definition) is 2. The molecule has 0 atom stereocenters. The van der Waals surface area contributed by atoms with Crippen molar-refractivity contribution in [3.63, 3.8) is 0 Å². The lowest BCUT2D eigenvalue weighted by molar-refractivity contribution is 0.0846. The maximum atomic E-state index is 11.9. The number of carbonyl (C=O) groups is 2. The van der Waals surface area contributed by atoms with E-state index in [4.69, 9.17) is 11.6 Å². The number of nitrogens with one attached hydrogen (secondary N) is 2. The van der Waals surface area contributed by atoms with Gasteiger partial charge in [-0.05, 0) is 42.8 Å². The third kappa shape index (κ3) is 3.36. The molecule has 2 rings (SSSR count). The predicted molar refractivity (Wildman–Crippen MR) is 77.6 cm³/mol. The normalized spacial score (nSPS) is 9.90. The summed E-state index contributed by atoms with van der Waals surface area (Å²) in [5.74, 6) is -0.756. The highest BCUT2D eigenvalue weighted by Crippen LogP contribution is 2.09. The molecule has 2 amide bonds. The van der Waals surface area contributed by atoms with Crippen LogP contribution in [0.1, 0.15) is 26.3 Å². The van der Waals surface area contributed by atoms with E-state index in [1.807, 2.05) is 19.1 Å². The van der Waals surface area contributed by atoms with Gasteiger partial charge in [0.1, 0.15) is 0 Å². The van der Waals surface area contributed by atoms with Crippen LogP contribution >= 0.6 is 11.6 Å². The molecule has 0 radical (unpaired) electrons. The van der Waals surface area contributed by atoms with Crippen molar-refractivity contribution in [3.05, 3.63) is 70.2 Å². The topological polar surface area (TPSA) is 58.2 Å². The second-order valence-corrected chi connectivity index (χ2v) is 4.67. The first-order chi connectivity index (χ1) is 9.58. The Balaban J connectivity index is 1.99. The second kappa shape index (κ2) is 6.21. The van der Waals surface area contributed by atoms with E-state index in [2.05, 4.69) is 10.9 Å². The van der Waals surface area contributed by atoms with E-state index in [0.29, 0.717) is 16.1 Å². The first-order valence-electron chi connectivity index (χ1n) is 6.00. The van der Waals surface area contributed by atoms with Crippen molar-refractivity contribution in [2.75, 3.05) is 0 Å². The van der Waals surface area contributed by atoms with Gasteiger partial charge in [0.05, 0.1) is 0 Å². The van der Waals surface area contributed by atoms with E-state index >= 15 is 0 Å². The molecular formula is C15H13ClN2O2. The molecule has 0 spiro atoms. The van der Waals surface area contributed by atoms with Crippen LogP contribution in [0.25, 0.3) is 0 Å². The molecule has 0 aromatic heterocycles. The van der Waals surface area contributed by atoms with Crippen LogP contribution in [0.3, 0.4) is 0 Å². The molecule has 0 fully saturated rings. The van der Waals surface area contributed by atoms with Gasteiger partial charge in [-0.25, -0.2) is 0 Å². The predicted octanol–water partition coefficient (Wildman–Crippen LogP) is 2.72. The monoisotopic (exact) mass is 288 g/mol. The molecule has 2 aromatic carbocycles. The molecule has 2 aromatic rings. The summed E-state index contributed by atoms with van der Waals surface area (Å²) >= 11 is 5.74. The molecule has 0 saturated heterocycles. The minimum absolute atomic E-state index is 0.356. The lowest BCUT2D eigenvalue weighted by Crippen LogP contribution is -2.41. The summed E-state index contributed by atoms with van der Waals surface area (Å²) in [6, 6.07) is 13.5. The van der Waals surface area contributed by atoms with E-state index in [9.17, 15) is 9.59 Å². The van der Waals surface area contributed by atoms with Gasteiger partial charge in [-0.15, -0.1) is 0 Å². The SMILES string of the molecule is Cc1ccccc1C(=O)NNC(=O)c1ccc(Cl)cc1. The van der Waals surface area contributed by atoms with Gasteiger partial charge in [0.25, 0.3) is 11.8 Å². The summed E-state index contributed by atoms with van der Waals surface area (Å²) in [5, 5.41) is 0.547. The van der Waals surface area contributed by atoms with Crippen molar-refractivity contribution in [1.82, 2.24) is 10.9 Å². The summed E-state index contributed by atoms with van der Waals surface area (Å²) in [7, 11) is 0. The molecule has 0 unspecified atom stereocenters. The Bertz CT molecular complexity index is 639. The fourth-order valence-electron chi connectivity index (χ4n) is 1.68. The smallest absolute Gasteiger partial charge is 0.267 e. The van der Waals surface area contributed by atoms with Crippen molar-refractivity contribution in [2.24, 2.45) is 0 Å². The number of benzene rings is 2. The second-order valence-electron chi connectivity index (χ2n) is 4.23. The van der Waals surface area contributed by atoms with Crippen LogP contribution in [-0.4, -0.2) is 11.8 Å². The van der Waals surface area contributed by atoms with Gasteiger partial charge in [-0.1, -0.05) is 29.8 Å². The maximum Gasteiger partial charge on any atom is 0.269 e. The number of hydrogen-bond donors (Lipinski definition) is 2. The van der Waals surface area contributed by atoms with Gasteiger partial charge < -0.3 is 0 Å². The van der Waals surface area contributed by atoms with Crippen molar-refractivity contribution in [3.8, 4) is 0 Å². The fourth-order valence-corrected chi connectivity index (χ4v) is 1.81. The van der Waals surface area contributed by atoms with E-state index in [1.165, 1.54) is 0 Å². The van der Waals surface area contributed by atoms with Gasteiger partial charge in [-0.2, -0.15) is 0 Å². The summed E-state index contributed by atoms with van der Waals surface area (Å²) in [6.45, 7) is 1.83. The Labute approximate surface area is 121 Å². The summed E-state index contributed by atoms with van der Waals surface area (Å²) in [6.07, 6.45) is 0. The Morgan fingerprint density at radius 2 is 1.50 bits per heavy atom. The molecule has 4 nitrogen and oxygen atoms in total. The zero-order valence-corrected chi connectivity index (χ0v) is 11.6. The van der Waals surface area contributed by atoms with E-state index < -0.39 is 5.91 Å². The van der Waals surface area contributed by atoms with Gasteiger partial charge in [0.2, 0.25) is 0 Å². The molecule has 0 aliphatic carbocycles. The van der Waals surface area contributed by atoms with Crippen molar-refractivity contribution in [1.29, 1.82) is 0 Å². The Hall–Kier alpha value is -2.33. The third-order valence-electron chi connectivity index (χ3n) is 2.79. The fraction of sp³-hybridized carbons (Fsp3) is 0.0667. The standard InChI is InChI=1S/C15H13ClN2O2/c1-10-4-2-3-5-13(10)15(20)18-17-14(19)11-6-8-12(16)9-7-11/h2-9H,1H3,(H,17,19)(H,18,20). The Morgan fingerprint density at radius 1 is 0.900 bits per heavy atom. The van der Waals surface area contributed by atoms with Crippen LogP contribution in [0.15, 0.2) is 48.5 Å². The van der Waals surface area contributed by atoms with Gasteiger partial charge in [0.15, 0.2) is 0 Å². The number of rotatable bonds is 2. The molecule has 102 valence electrons. The number of hydrazine groups is 1. The quantitative estimate of drug-likeness (QED) is 0.835. The summed E-state index contributed by atoms with van der Waals surface area (Å²) < 4.78 is 0. The van der Waals surface area contributed by atoms with E-state index in [1.54, 1.807) is 36.4 Å². The van der Waals surface area contributed by atoms with Gasteiger partial charge in [0, 0.05) is 16.1 Å². The first-order valence-corrected chi connectivity index (χ1v) is 6.37. The average Bonchev–Trinajstić information content (AvgIpc) is 2.45. The van der Waals surface area contributed by atoms with Crippen LogP contribution in [0.5, 0.6) is 0 Å². The Kier molecular flexibility index (Phi) is 4.38. The van der Waals surface area contributed by atoms with E-state index in [-0.39, 0.29) is 5.91 Å². The molecule has 0 bridgehead atoms. The zero-order chi connectivity index (χ0) is 14.5. The van der Waals surface area contributed by atoms with Crippen LogP contribution in [0.2, 0.25) is 5.02 Å².